The van der Waals surface area contributed by atoms with Crippen LogP contribution < -0.4 is 0 Å². The topological polar surface area (TPSA) is 56.0 Å². The highest BCUT2D eigenvalue weighted by Crippen LogP contribution is 2.33. The normalized spacial score (nSPS) is 10.7. The fraction of sp³-hybridized carbons (Fsp3) is 0.0625. The maximum atomic E-state index is 11.1. The molecule has 0 atom stereocenters. The molecule has 0 saturated carbocycles. The summed E-state index contributed by atoms with van der Waals surface area (Å²) in [6.07, 6.45) is 0. The Bertz CT molecular complexity index is 798. The van der Waals surface area contributed by atoms with Crippen LogP contribution in [0.3, 0.4) is 0 Å². The van der Waals surface area contributed by atoms with Crippen molar-refractivity contribution in [2.24, 2.45) is 0 Å². The van der Waals surface area contributed by atoms with E-state index in [0.29, 0.717) is 5.52 Å². The van der Waals surface area contributed by atoms with Crippen molar-refractivity contribution in [1.29, 1.82) is 0 Å². The predicted octanol–water partition coefficient (Wildman–Crippen LogP) is 4.12. The van der Waals surface area contributed by atoms with Gasteiger partial charge < -0.3 is 0 Å². The number of nitro groups is 1. The average Bonchev–Trinajstić information content (AvgIpc) is 2.46. The lowest BCUT2D eigenvalue weighted by Gasteiger charge is -2.07. The molecule has 0 aliphatic heterocycles. The molecule has 3 rings (SSSR count). The molecule has 2 aromatic carbocycles. The zero-order valence-corrected chi connectivity index (χ0v) is 10.9. The van der Waals surface area contributed by atoms with Crippen LogP contribution in [-0.2, 0) is 0 Å². The highest BCUT2D eigenvalue weighted by molar-refractivity contribution is 5.99. The van der Waals surface area contributed by atoms with Crippen LogP contribution in [0.2, 0.25) is 0 Å². The highest BCUT2D eigenvalue weighted by Gasteiger charge is 2.16. The second-order valence-corrected chi connectivity index (χ2v) is 4.60. The van der Waals surface area contributed by atoms with Crippen LogP contribution >= 0.6 is 0 Å². The van der Waals surface area contributed by atoms with Crippen LogP contribution in [0.5, 0.6) is 0 Å². The number of hydrogen-bond acceptors (Lipinski definition) is 3. The zero-order chi connectivity index (χ0) is 14.1. The quantitative estimate of drug-likeness (QED) is 0.516. The summed E-state index contributed by atoms with van der Waals surface area (Å²) in [5.41, 5.74) is 3.24. The molecule has 1 aromatic heterocycles. The summed E-state index contributed by atoms with van der Waals surface area (Å²) < 4.78 is 0. The van der Waals surface area contributed by atoms with Gasteiger partial charge in [0.2, 0.25) is 0 Å². The number of hydrogen-bond donors (Lipinski definition) is 0. The standard InChI is InChI=1S/C16H12N2O2/c1-11-7-8-14-13(12-5-3-2-4-6-12)9-10-15(18(19)20)16(14)17-11/h2-10H,1H3. The molecular weight excluding hydrogens is 252 g/mol. The fourth-order valence-electron chi connectivity index (χ4n) is 2.32. The summed E-state index contributed by atoms with van der Waals surface area (Å²) in [5, 5.41) is 11.9. The van der Waals surface area contributed by atoms with Crippen molar-refractivity contribution in [3.05, 3.63) is 70.4 Å². The van der Waals surface area contributed by atoms with Gasteiger partial charge in [0, 0.05) is 17.1 Å². The first-order chi connectivity index (χ1) is 9.66. The first kappa shape index (κ1) is 12.3. The highest BCUT2D eigenvalue weighted by atomic mass is 16.6. The van der Waals surface area contributed by atoms with Crippen molar-refractivity contribution in [3.8, 4) is 11.1 Å². The number of aryl methyl sites for hydroxylation is 1. The summed E-state index contributed by atoms with van der Waals surface area (Å²) in [7, 11) is 0. The Morgan fingerprint density at radius 2 is 1.75 bits per heavy atom. The molecule has 0 N–H and O–H groups in total. The van der Waals surface area contributed by atoms with Crippen molar-refractivity contribution in [3.63, 3.8) is 0 Å². The van der Waals surface area contributed by atoms with E-state index in [2.05, 4.69) is 4.98 Å². The third-order valence-corrected chi connectivity index (χ3v) is 3.26. The van der Waals surface area contributed by atoms with E-state index < -0.39 is 0 Å². The molecule has 1 heterocycles. The number of non-ortho nitro benzene ring substituents is 1. The van der Waals surface area contributed by atoms with Gasteiger partial charge in [0.05, 0.1) is 4.92 Å². The molecule has 0 spiro atoms. The van der Waals surface area contributed by atoms with Gasteiger partial charge in [-0.2, -0.15) is 0 Å². The van der Waals surface area contributed by atoms with E-state index in [0.717, 1.165) is 22.2 Å². The Hall–Kier alpha value is -2.75. The Morgan fingerprint density at radius 1 is 1.00 bits per heavy atom. The van der Waals surface area contributed by atoms with Gasteiger partial charge in [-0.1, -0.05) is 36.4 Å². The molecule has 0 radical (unpaired) electrons. The lowest BCUT2D eigenvalue weighted by Crippen LogP contribution is -1.94. The van der Waals surface area contributed by atoms with Gasteiger partial charge in [-0.3, -0.25) is 10.1 Å². The van der Waals surface area contributed by atoms with E-state index >= 15 is 0 Å². The van der Waals surface area contributed by atoms with Crippen molar-refractivity contribution >= 4 is 16.6 Å². The Labute approximate surface area is 115 Å². The summed E-state index contributed by atoms with van der Waals surface area (Å²) in [5.74, 6) is 0. The minimum Gasteiger partial charge on any atom is -0.258 e. The molecule has 0 fully saturated rings. The van der Waals surface area contributed by atoms with Crippen molar-refractivity contribution in [2.75, 3.05) is 0 Å². The Morgan fingerprint density at radius 3 is 2.45 bits per heavy atom. The molecule has 0 bridgehead atoms. The number of aromatic nitrogens is 1. The van der Waals surface area contributed by atoms with Crippen LogP contribution in [0, 0.1) is 17.0 Å². The number of pyridine rings is 1. The molecule has 0 amide bonds. The van der Waals surface area contributed by atoms with Crippen LogP contribution in [0.15, 0.2) is 54.6 Å². The predicted molar refractivity (Wildman–Crippen MR) is 78.6 cm³/mol. The van der Waals surface area contributed by atoms with Gasteiger partial charge >= 0.3 is 0 Å². The van der Waals surface area contributed by atoms with Gasteiger partial charge in [0.25, 0.3) is 5.69 Å². The molecule has 0 aliphatic carbocycles. The summed E-state index contributed by atoms with van der Waals surface area (Å²) in [4.78, 5) is 15.1. The van der Waals surface area contributed by atoms with Gasteiger partial charge in [0.15, 0.2) is 0 Å². The molecule has 0 aliphatic rings. The van der Waals surface area contributed by atoms with E-state index in [1.807, 2.05) is 49.4 Å². The lowest BCUT2D eigenvalue weighted by molar-refractivity contribution is -0.383. The van der Waals surface area contributed by atoms with Crippen LogP contribution in [-0.4, -0.2) is 9.91 Å². The molecule has 98 valence electrons. The smallest absolute Gasteiger partial charge is 0.258 e. The van der Waals surface area contributed by atoms with Gasteiger partial charge in [-0.15, -0.1) is 0 Å². The molecular formula is C16H12N2O2. The van der Waals surface area contributed by atoms with Gasteiger partial charge in [-0.25, -0.2) is 4.98 Å². The van der Waals surface area contributed by atoms with E-state index in [1.54, 1.807) is 6.07 Å². The molecule has 4 nitrogen and oxygen atoms in total. The van der Waals surface area contributed by atoms with E-state index in [1.165, 1.54) is 6.07 Å². The third-order valence-electron chi connectivity index (χ3n) is 3.26. The van der Waals surface area contributed by atoms with Crippen molar-refractivity contribution < 1.29 is 4.92 Å². The minimum atomic E-state index is -0.385. The summed E-state index contributed by atoms with van der Waals surface area (Å²) >= 11 is 0. The first-order valence-electron chi connectivity index (χ1n) is 6.27. The van der Waals surface area contributed by atoms with Crippen molar-refractivity contribution in [1.82, 2.24) is 4.98 Å². The van der Waals surface area contributed by atoms with Gasteiger partial charge in [0.1, 0.15) is 5.52 Å². The SMILES string of the molecule is Cc1ccc2c(-c3ccccc3)ccc([N+](=O)[O-])c2n1. The number of nitrogens with zero attached hydrogens (tertiary/aromatic N) is 2. The summed E-state index contributed by atoms with van der Waals surface area (Å²) in [6.45, 7) is 1.83. The second-order valence-electron chi connectivity index (χ2n) is 4.60. The van der Waals surface area contributed by atoms with Crippen LogP contribution in [0.1, 0.15) is 5.69 Å². The maximum Gasteiger partial charge on any atom is 0.295 e. The second kappa shape index (κ2) is 4.74. The average molecular weight is 264 g/mol. The van der Waals surface area contributed by atoms with Gasteiger partial charge in [-0.05, 0) is 30.2 Å². The third kappa shape index (κ3) is 2.01. The Kier molecular flexibility index (Phi) is 2.91. The fourth-order valence-corrected chi connectivity index (χ4v) is 2.32. The number of rotatable bonds is 2. The first-order valence-corrected chi connectivity index (χ1v) is 6.27. The Balaban J connectivity index is 2.37. The van der Waals surface area contributed by atoms with E-state index in [9.17, 15) is 10.1 Å². The number of benzene rings is 2. The van der Waals surface area contributed by atoms with Crippen LogP contribution in [0.25, 0.3) is 22.0 Å². The number of fused-ring (bicyclic) bond motifs is 1. The molecule has 0 unspecified atom stereocenters. The molecule has 4 heteroatoms. The van der Waals surface area contributed by atoms with Crippen LogP contribution in [0.4, 0.5) is 5.69 Å². The minimum absolute atomic E-state index is 0.0448. The van der Waals surface area contributed by atoms with E-state index in [4.69, 9.17) is 0 Å². The monoisotopic (exact) mass is 264 g/mol. The van der Waals surface area contributed by atoms with E-state index in [-0.39, 0.29) is 10.6 Å². The summed E-state index contributed by atoms with van der Waals surface area (Å²) in [6, 6.07) is 16.9. The number of nitro benzene ring substituents is 1. The van der Waals surface area contributed by atoms with Crippen molar-refractivity contribution in [2.45, 2.75) is 6.92 Å². The largest absolute Gasteiger partial charge is 0.295 e. The molecule has 3 aromatic rings. The maximum absolute atomic E-state index is 11.1. The molecule has 0 saturated heterocycles. The lowest BCUT2D eigenvalue weighted by atomic mass is 9.99. The zero-order valence-electron chi connectivity index (χ0n) is 10.9. The molecule has 20 heavy (non-hydrogen) atoms.